The molecule has 0 aliphatic carbocycles. The number of carbonyl (C=O) groups is 2. The number of aliphatic hydroxyl groups is 1. The molecule has 4 rings (SSSR count). The van der Waals surface area contributed by atoms with Crippen LogP contribution in [0.15, 0.2) is 55.0 Å². The highest BCUT2D eigenvalue weighted by molar-refractivity contribution is 6.33. The average molecular weight is 508 g/mol. The van der Waals surface area contributed by atoms with Crippen molar-refractivity contribution < 1.29 is 14.7 Å². The Balaban J connectivity index is 1.63. The molecule has 0 atom stereocenters. The van der Waals surface area contributed by atoms with Crippen molar-refractivity contribution in [1.29, 1.82) is 0 Å². The molecule has 0 radical (unpaired) electrons. The SMILES string of the molecule is Cc1ccc(Cl)c(NC(=O)Nc2ccc(-c3c(C(=O)NC(C)(C)CO)cn4ncnc(N)c34)cc2)c1. The Kier molecular flexibility index (Phi) is 6.82. The van der Waals surface area contributed by atoms with Crippen LogP contribution in [0.3, 0.4) is 0 Å². The van der Waals surface area contributed by atoms with Gasteiger partial charge in [0, 0.05) is 17.4 Å². The van der Waals surface area contributed by atoms with E-state index in [1.54, 1.807) is 56.4 Å². The number of anilines is 3. The van der Waals surface area contributed by atoms with Crippen LogP contribution in [0.25, 0.3) is 16.6 Å². The highest BCUT2D eigenvalue weighted by Crippen LogP contribution is 2.33. The van der Waals surface area contributed by atoms with E-state index >= 15 is 0 Å². The van der Waals surface area contributed by atoms with Gasteiger partial charge in [-0.1, -0.05) is 29.8 Å². The van der Waals surface area contributed by atoms with Gasteiger partial charge in [-0.15, -0.1) is 0 Å². The van der Waals surface area contributed by atoms with Crippen LogP contribution in [0, 0.1) is 6.92 Å². The van der Waals surface area contributed by atoms with Crippen molar-refractivity contribution in [2.75, 3.05) is 23.0 Å². The molecule has 10 nitrogen and oxygen atoms in total. The van der Waals surface area contributed by atoms with Crippen LogP contribution in [-0.2, 0) is 0 Å². The first-order valence-corrected chi connectivity index (χ1v) is 11.5. The molecule has 11 heteroatoms. The lowest BCUT2D eigenvalue weighted by atomic mass is 10.00. The lowest BCUT2D eigenvalue weighted by Crippen LogP contribution is -2.46. The third-order valence-corrected chi connectivity index (χ3v) is 5.83. The molecule has 3 amide bonds. The van der Waals surface area contributed by atoms with Crippen LogP contribution in [0.1, 0.15) is 29.8 Å². The minimum Gasteiger partial charge on any atom is -0.394 e. The van der Waals surface area contributed by atoms with E-state index in [0.717, 1.165) is 5.56 Å². The van der Waals surface area contributed by atoms with Gasteiger partial charge in [0.15, 0.2) is 5.82 Å². The summed E-state index contributed by atoms with van der Waals surface area (Å²) in [5, 5.41) is 22.5. The summed E-state index contributed by atoms with van der Waals surface area (Å²) in [7, 11) is 0. The minimum absolute atomic E-state index is 0.206. The third-order valence-electron chi connectivity index (χ3n) is 5.50. The summed E-state index contributed by atoms with van der Waals surface area (Å²) in [5.41, 5.74) is 9.27. The number of nitrogen functional groups attached to an aromatic ring is 1. The molecular formula is C25H26ClN7O3. The van der Waals surface area contributed by atoms with Crippen molar-refractivity contribution in [3.63, 3.8) is 0 Å². The van der Waals surface area contributed by atoms with E-state index in [4.69, 9.17) is 17.3 Å². The number of nitrogens with zero attached hydrogens (tertiary/aromatic N) is 3. The van der Waals surface area contributed by atoms with E-state index in [-0.39, 0.29) is 12.4 Å². The molecule has 0 spiro atoms. The van der Waals surface area contributed by atoms with Crippen molar-refractivity contribution in [2.24, 2.45) is 0 Å². The van der Waals surface area contributed by atoms with Crippen LogP contribution in [0.2, 0.25) is 5.02 Å². The van der Waals surface area contributed by atoms with E-state index in [2.05, 4.69) is 26.0 Å². The number of urea groups is 1. The standard InChI is InChI=1S/C25H26ClN7O3/c1-14-4-9-18(26)19(10-14)31-24(36)30-16-7-5-15(6-8-16)20-17(23(35)32-25(2,3)12-34)11-33-21(20)22(27)28-13-29-33/h4-11,13,34H,12H2,1-3H3,(H,32,35)(H2,27,28,29)(H2,30,31,36). The second kappa shape index (κ2) is 9.84. The summed E-state index contributed by atoms with van der Waals surface area (Å²) in [6, 6.07) is 11.8. The molecule has 0 unspecified atom stereocenters. The van der Waals surface area contributed by atoms with Gasteiger partial charge in [0.1, 0.15) is 11.8 Å². The Bertz CT molecular complexity index is 1450. The maximum Gasteiger partial charge on any atom is 0.323 e. The first kappa shape index (κ1) is 25.0. The van der Waals surface area contributed by atoms with Gasteiger partial charge in [0.2, 0.25) is 0 Å². The molecule has 0 fully saturated rings. The van der Waals surface area contributed by atoms with E-state index in [1.807, 2.05) is 13.0 Å². The number of benzene rings is 2. The van der Waals surface area contributed by atoms with Gasteiger partial charge in [-0.25, -0.2) is 14.3 Å². The molecule has 0 aliphatic heterocycles. The predicted molar refractivity (Wildman–Crippen MR) is 140 cm³/mol. The van der Waals surface area contributed by atoms with Gasteiger partial charge in [0.25, 0.3) is 5.91 Å². The highest BCUT2D eigenvalue weighted by Gasteiger charge is 2.26. The molecule has 0 saturated heterocycles. The van der Waals surface area contributed by atoms with Crippen LogP contribution in [0.4, 0.5) is 22.0 Å². The average Bonchev–Trinajstić information content (AvgIpc) is 3.23. The molecule has 4 aromatic rings. The summed E-state index contributed by atoms with van der Waals surface area (Å²) in [6.45, 7) is 5.09. The first-order valence-electron chi connectivity index (χ1n) is 11.1. The number of hydrogen-bond acceptors (Lipinski definition) is 6. The van der Waals surface area contributed by atoms with Crippen molar-refractivity contribution in [1.82, 2.24) is 19.9 Å². The van der Waals surface area contributed by atoms with Crippen molar-refractivity contribution >= 4 is 46.2 Å². The number of fused-ring (bicyclic) bond motifs is 1. The molecule has 2 heterocycles. The van der Waals surface area contributed by atoms with E-state index in [1.165, 1.54) is 10.8 Å². The van der Waals surface area contributed by atoms with Crippen LogP contribution >= 0.6 is 11.6 Å². The molecular weight excluding hydrogens is 482 g/mol. The molecule has 0 saturated carbocycles. The molecule has 0 aliphatic rings. The van der Waals surface area contributed by atoms with Gasteiger partial charge >= 0.3 is 6.03 Å². The summed E-state index contributed by atoms with van der Waals surface area (Å²) < 4.78 is 1.49. The number of aliphatic hydroxyl groups excluding tert-OH is 1. The number of aryl methyl sites for hydroxylation is 1. The number of rotatable bonds is 6. The fourth-order valence-electron chi connectivity index (χ4n) is 3.65. The van der Waals surface area contributed by atoms with E-state index in [9.17, 15) is 14.7 Å². The quantitative estimate of drug-likeness (QED) is 0.265. The second-order valence-corrected chi connectivity index (χ2v) is 9.40. The molecule has 2 aromatic heterocycles. The molecule has 6 N–H and O–H groups in total. The van der Waals surface area contributed by atoms with Crippen molar-refractivity contribution in [3.8, 4) is 11.1 Å². The number of nitrogens with one attached hydrogen (secondary N) is 3. The zero-order chi connectivity index (χ0) is 26.0. The van der Waals surface area contributed by atoms with E-state index in [0.29, 0.717) is 38.6 Å². The Morgan fingerprint density at radius 2 is 1.86 bits per heavy atom. The van der Waals surface area contributed by atoms with Gasteiger partial charge in [-0.3, -0.25) is 4.79 Å². The molecule has 186 valence electrons. The van der Waals surface area contributed by atoms with Gasteiger partial charge < -0.3 is 26.8 Å². The summed E-state index contributed by atoms with van der Waals surface area (Å²) in [4.78, 5) is 29.7. The Labute approximate surface area is 212 Å². The third kappa shape index (κ3) is 5.24. The maximum absolute atomic E-state index is 13.1. The number of amides is 3. The summed E-state index contributed by atoms with van der Waals surface area (Å²) in [6.07, 6.45) is 2.87. The second-order valence-electron chi connectivity index (χ2n) is 8.99. The molecule has 0 bridgehead atoms. The number of hydrogen-bond donors (Lipinski definition) is 5. The lowest BCUT2D eigenvalue weighted by molar-refractivity contribution is 0.0870. The topological polar surface area (TPSA) is 147 Å². The van der Waals surface area contributed by atoms with Crippen LogP contribution in [0.5, 0.6) is 0 Å². The van der Waals surface area contributed by atoms with Crippen LogP contribution in [-0.4, -0.2) is 43.8 Å². The lowest BCUT2D eigenvalue weighted by Gasteiger charge is -2.23. The van der Waals surface area contributed by atoms with Gasteiger partial charge in [-0.05, 0) is 56.2 Å². The monoisotopic (exact) mass is 507 g/mol. The van der Waals surface area contributed by atoms with Crippen LogP contribution < -0.4 is 21.7 Å². The Morgan fingerprint density at radius 3 is 2.56 bits per heavy atom. The number of nitrogens with two attached hydrogens (primary N) is 1. The zero-order valence-corrected chi connectivity index (χ0v) is 20.7. The summed E-state index contributed by atoms with van der Waals surface area (Å²) >= 11 is 6.16. The fraction of sp³-hybridized carbons (Fsp3) is 0.200. The maximum atomic E-state index is 13.1. The number of halogens is 1. The fourth-order valence-corrected chi connectivity index (χ4v) is 3.82. The minimum atomic E-state index is -0.832. The molecule has 2 aromatic carbocycles. The number of aromatic nitrogens is 3. The normalized spacial score (nSPS) is 11.4. The molecule has 36 heavy (non-hydrogen) atoms. The van der Waals surface area contributed by atoms with Gasteiger partial charge in [-0.2, -0.15) is 5.10 Å². The summed E-state index contributed by atoms with van der Waals surface area (Å²) in [5.74, 6) is -0.192. The van der Waals surface area contributed by atoms with E-state index < -0.39 is 17.5 Å². The largest absolute Gasteiger partial charge is 0.394 e. The number of carbonyl (C=O) groups excluding carboxylic acids is 2. The predicted octanol–water partition coefficient (Wildman–Crippen LogP) is 4.09. The van der Waals surface area contributed by atoms with Gasteiger partial charge in [0.05, 0.1) is 28.4 Å². The Hall–Kier alpha value is -4.15. The van der Waals surface area contributed by atoms with Crippen molar-refractivity contribution in [3.05, 3.63) is 71.1 Å². The first-order chi connectivity index (χ1) is 17.1. The Morgan fingerprint density at radius 1 is 1.14 bits per heavy atom. The zero-order valence-electron chi connectivity index (χ0n) is 20.0. The smallest absolute Gasteiger partial charge is 0.323 e. The highest BCUT2D eigenvalue weighted by atomic mass is 35.5. The van der Waals surface area contributed by atoms with Crippen molar-refractivity contribution in [2.45, 2.75) is 26.3 Å².